The molecule has 0 aliphatic heterocycles. The van der Waals surface area contributed by atoms with Crippen LogP contribution in [0.1, 0.15) is 51.5 Å². The summed E-state index contributed by atoms with van der Waals surface area (Å²) in [5, 5.41) is 5.35. The molecule has 0 heterocycles. The van der Waals surface area contributed by atoms with Crippen LogP contribution < -0.4 is 16.4 Å². The third-order valence-corrected chi connectivity index (χ3v) is 4.00. The fraction of sp³-hybridized carbons (Fsp3) is 0.476. The van der Waals surface area contributed by atoms with Crippen molar-refractivity contribution in [2.45, 2.75) is 58.6 Å². The van der Waals surface area contributed by atoms with E-state index < -0.39 is 18.0 Å². The molecule has 4 N–H and O–H groups in total. The first-order valence-corrected chi connectivity index (χ1v) is 9.55. The molecule has 0 bridgehead atoms. The topological polar surface area (TPSA) is 111 Å². The van der Waals surface area contributed by atoms with E-state index in [2.05, 4.69) is 10.6 Å². The molecule has 0 fully saturated rings. The van der Waals surface area contributed by atoms with Gasteiger partial charge in [0.2, 0.25) is 11.8 Å². The minimum absolute atomic E-state index is 0.193. The summed E-state index contributed by atoms with van der Waals surface area (Å²) in [4.78, 5) is 34.9. The molecule has 154 valence electrons. The van der Waals surface area contributed by atoms with Gasteiger partial charge in [0.1, 0.15) is 12.6 Å². The van der Waals surface area contributed by atoms with Gasteiger partial charge in [-0.2, -0.15) is 0 Å². The van der Waals surface area contributed by atoms with Gasteiger partial charge < -0.3 is 21.1 Å². The lowest BCUT2D eigenvalue weighted by Gasteiger charge is -2.14. The summed E-state index contributed by atoms with van der Waals surface area (Å²) in [6, 6.07) is 8.78. The maximum atomic E-state index is 11.9. The van der Waals surface area contributed by atoms with E-state index in [1.807, 2.05) is 50.3 Å². The summed E-state index contributed by atoms with van der Waals surface area (Å²) in [5.41, 5.74) is 7.32. The third kappa shape index (κ3) is 11.0. The maximum absolute atomic E-state index is 11.9. The first-order chi connectivity index (χ1) is 13.4. The van der Waals surface area contributed by atoms with Crippen molar-refractivity contribution in [1.29, 1.82) is 0 Å². The Morgan fingerprint density at radius 1 is 1.11 bits per heavy atom. The minimum atomic E-state index is -0.677. The molecule has 0 aromatic heterocycles. The van der Waals surface area contributed by atoms with Crippen LogP contribution in [0.25, 0.3) is 0 Å². The van der Waals surface area contributed by atoms with Gasteiger partial charge in [-0.3, -0.25) is 9.59 Å². The van der Waals surface area contributed by atoms with Crippen LogP contribution >= 0.6 is 0 Å². The van der Waals surface area contributed by atoms with Gasteiger partial charge in [-0.1, -0.05) is 48.4 Å². The lowest BCUT2D eigenvalue weighted by atomic mass is 10.1. The number of hydrogen-bond donors (Lipinski definition) is 3. The fourth-order valence-electron chi connectivity index (χ4n) is 2.42. The lowest BCUT2D eigenvalue weighted by molar-refractivity contribution is -0.127. The van der Waals surface area contributed by atoms with E-state index >= 15 is 0 Å². The molecular weight excluding hydrogens is 358 g/mol. The van der Waals surface area contributed by atoms with E-state index in [0.717, 1.165) is 24.0 Å². The molecular formula is C21H31N3O4. The van der Waals surface area contributed by atoms with Crippen LogP contribution in [-0.2, 0) is 20.9 Å². The minimum Gasteiger partial charge on any atom is -0.445 e. The number of rotatable bonds is 12. The fourth-order valence-corrected chi connectivity index (χ4v) is 2.42. The third-order valence-electron chi connectivity index (χ3n) is 4.00. The van der Waals surface area contributed by atoms with Crippen molar-refractivity contribution < 1.29 is 19.1 Å². The Morgan fingerprint density at radius 3 is 2.46 bits per heavy atom. The highest BCUT2D eigenvalue weighted by Crippen LogP contribution is 2.03. The standard InChI is InChI=1S/C21H31N3O4/c1-16(2)12-13-18(20(22)26)24-19(25)11-7-4-8-14-23-21(27)28-15-17-9-5-3-6-10-17/h3,5-6,9-10,12,18H,4,7-8,11,13-15H2,1-2H3,(H2,22,26)(H,23,27)(H,24,25)/t18-/m0/s1. The molecule has 1 rings (SSSR count). The van der Waals surface area contributed by atoms with Crippen LogP contribution in [0, 0.1) is 0 Å². The normalized spacial score (nSPS) is 11.2. The molecule has 0 unspecified atom stereocenters. The molecule has 1 aromatic rings. The van der Waals surface area contributed by atoms with Gasteiger partial charge in [0.15, 0.2) is 0 Å². The Labute approximate surface area is 166 Å². The predicted molar refractivity (Wildman–Crippen MR) is 108 cm³/mol. The second-order valence-corrected chi connectivity index (χ2v) is 6.84. The zero-order chi connectivity index (χ0) is 20.8. The van der Waals surface area contributed by atoms with Gasteiger partial charge in [0, 0.05) is 13.0 Å². The molecule has 0 saturated carbocycles. The van der Waals surface area contributed by atoms with Crippen molar-refractivity contribution in [2.24, 2.45) is 5.73 Å². The molecule has 7 nitrogen and oxygen atoms in total. The first kappa shape index (κ1) is 23.2. The molecule has 1 aromatic carbocycles. The molecule has 0 saturated heterocycles. The number of hydrogen-bond acceptors (Lipinski definition) is 4. The number of nitrogens with two attached hydrogens (primary N) is 1. The second kappa shape index (κ2) is 13.4. The smallest absolute Gasteiger partial charge is 0.407 e. The van der Waals surface area contributed by atoms with E-state index in [-0.39, 0.29) is 12.5 Å². The van der Waals surface area contributed by atoms with E-state index in [1.54, 1.807) is 0 Å². The monoisotopic (exact) mass is 389 g/mol. The number of alkyl carbamates (subject to hydrolysis) is 1. The molecule has 0 aliphatic rings. The van der Waals surface area contributed by atoms with Crippen molar-refractivity contribution in [3.63, 3.8) is 0 Å². The largest absolute Gasteiger partial charge is 0.445 e. The van der Waals surface area contributed by atoms with Crippen LogP contribution in [-0.4, -0.2) is 30.5 Å². The SMILES string of the molecule is CC(C)=CC[C@H](NC(=O)CCCCCNC(=O)OCc1ccccc1)C(N)=O. The van der Waals surface area contributed by atoms with E-state index in [0.29, 0.717) is 25.8 Å². The highest BCUT2D eigenvalue weighted by Gasteiger charge is 2.16. The molecule has 0 aliphatic carbocycles. The number of amides is 3. The van der Waals surface area contributed by atoms with E-state index in [1.165, 1.54) is 0 Å². The van der Waals surface area contributed by atoms with E-state index in [9.17, 15) is 14.4 Å². The van der Waals surface area contributed by atoms with Crippen molar-refractivity contribution >= 4 is 17.9 Å². The Morgan fingerprint density at radius 2 is 1.82 bits per heavy atom. The summed E-state index contributed by atoms with van der Waals surface area (Å²) < 4.78 is 5.12. The van der Waals surface area contributed by atoms with Crippen molar-refractivity contribution in [3.8, 4) is 0 Å². The Balaban J connectivity index is 2.10. The molecule has 1 atom stereocenters. The van der Waals surface area contributed by atoms with Crippen LogP contribution in [0.2, 0.25) is 0 Å². The van der Waals surface area contributed by atoms with Crippen molar-refractivity contribution in [2.75, 3.05) is 6.54 Å². The number of benzene rings is 1. The second-order valence-electron chi connectivity index (χ2n) is 6.84. The average Bonchev–Trinajstić information content (AvgIpc) is 2.66. The molecule has 0 radical (unpaired) electrons. The number of carbonyl (C=O) groups excluding carboxylic acids is 3. The zero-order valence-corrected chi connectivity index (χ0v) is 16.7. The number of primary amides is 1. The van der Waals surface area contributed by atoms with Crippen LogP contribution in [0.5, 0.6) is 0 Å². The van der Waals surface area contributed by atoms with E-state index in [4.69, 9.17) is 10.5 Å². The Bertz CT molecular complexity index is 655. The van der Waals surface area contributed by atoms with Crippen molar-refractivity contribution in [3.05, 3.63) is 47.5 Å². The number of nitrogens with one attached hydrogen (secondary N) is 2. The quantitative estimate of drug-likeness (QED) is 0.377. The van der Waals surface area contributed by atoms with Crippen LogP contribution in [0.4, 0.5) is 4.79 Å². The molecule has 7 heteroatoms. The van der Waals surface area contributed by atoms with Gasteiger partial charge in [0.25, 0.3) is 0 Å². The Hall–Kier alpha value is -2.83. The zero-order valence-electron chi connectivity index (χ0n) is 16.7. The number of carbonyl (C=O) groups is 3. The van der Waals surface area contributed by atoms with Gasteiger partial charge >= 0.3 is 6.09 Å². The maximum Gasteiger partial charge on any atom is 0.407 e. The van der Waals surface area contributed by atoms with Gasteiger partial charge in [-0.25, -0.2) is 4.79 Å². The molecule has 0 spiro atoms. The van der Waals surface area contributed by atoms with Crippen LogP contribution in [0.3, 0.4) is 0 Å². The van der Waals surface area contributed by atoms with Gasteiger partial charge in [-0.05, 0) is 38.7 Å². The van der Waals surface area contributed by atoms with Crippen molar-refractivity contribution in [1.82, 2.24) is 10.6 Å². The first-order valence-electron chi connectivity index (χ1n) is 9.55. The van der Waals surface area contributed by atoms with Gasteiger partial charge in [0.05, 0.1) is 0 Å². The lowest BCUT2D eigenvalue weighted by Crippen LogP contribution is -2.44. The summed E-state index contributed by atoms with van der Waals surface area (Å²) >= 11 is 0. The number of ether oxygens (including phenoxy) is 1. The average molecular weight is 389 g/mol. The highest BCUT2D eigenvalue weighted by atomic mass is 16.5. The highest BCUT2D eigenvalue weighted by molar-refractivity contribution is 5.86. The summed E-state index contributed by atoms with van der Waals surface area (Å²) in [5.74, 6) is -0.731. The number of allylic oxidation sites excluding steroid dienone is 1. The predicted octanol–water partition coefficient (Wildman–Crippen LogP) is 2.80. The summed E-state index contributed by atoms with van der Waals surface area (Å²) in [6.45, 7) is 4.57. The molecule has 3 amide bonds. The number of unbranched alkanes of at least 4 members (excludes halogenated alkanes) is 2. The summed E-state index contributed by atoms with van der Waals surface area (Å²) in [7, 11) is 0. The van der Waals surface area contributed by atoms with Crippen LogP contribution in [0.15, 0.2) is 42.0 Å². The Kier molecular flexibility index (Phi) is 11.1. The van der Waals surface area contributed by atoms with Gasteiger partial charge in [-0.15, -0.1) is 0 Å². The molecule has 28 heavy (non-hydrogen) atoms. The summed E-state index contributed by atoms with van der Waals surface area (Å²) in [6.07, 6.45) is 4.32.